The summed E-state index contributed by atoms with van der Waals surface area (Å²) >= 11 is 0. The smallest absolute Gasteiger partial charge is 0.0118 e. The highest BCUT2D eigenvalue weighted by Crippen LogP contribution is 2.38. The van der Waals surface area contributed by atoms with E-state index in [1.165, 1.54) is 35.1 Å². The van der Waals surface area contributed by atoms with Crippen molar-refractivity contribution in [3.63, 3.8) is 0 Å². The topological polar surface area (TPSA) is 0 Å². The summed E-state index contributed by atoms with van der Waals surface area (Å²) in [6.07, 6.45) is 2.35. The molecule has 0 saturated heterocycles. The van der Waals surface area contributed by atoms with E-state index in [0.717, 1.165) is 0 Å². The lowest BCUT2D eigenvalue weighted by Crippen LogP contribution is -2.10. The van der Waals surface area contributed by atoms with E-state index < -0.39 is 0 Å². The number of rotatable bonds is 1. The molecule has 92 valence electrons. The quantitative estimate of drug-likeness (QED) is 0.680. The van der Waals surface area contributed by atoms with E-state index in [9.17, 15) is 0 Å². The predicted molar refractivity (Wildman–Crippen MR) is 77.0 cm³/mol. The van der Waals surface area contributed by atoms with Crippen LogP contribution in [0, 0.1) is 5.92 Å². The number of fused-ring (bicyclic) bond motifs is 2. The summed E-state index contributed by atoms with van der Waals surface area (Å²) in [7, 11) is 0. The Bertz CT molecular complexity index is 504. The molecule has 0 N–H and O–H groups in total. The zero-order chi connectivity index (χ0) is 12.5. The molecule has 0 aliphatic heterocycles. The van der Waals surface area contributed by atoms with Gasteiger partial charge in [-0.15, -0.1) is 0 Å². The fourth-order valence-corrected chi connectivity index (χ4v) is 3.29. The van der Waals surface area contributed by atoms with E-state index in [0.29, 0.717) is 11.8 Å². The van der Waals surface area contributed by atoms with Gasteiger partial charge in [0, 0.05) is 5.92 Å². The first-order chi connectivity index (χ1) is 8.77. The van der Waals surface area contributed by atoms with Crippen LogP contribution in [0.1, 0.15) is 42.0 Å². The fourth-order valence-electron chi connectivity index (χ4n) is 3.29. The fraction of sp³-hybridized carbons (Fsp3) is 0.333. The minimum atomic E-state index is 0.555. The molecule has 0 radical (unpaired) electrons. The Morgan fingerprint density at radius 2 is 1.22 bits per heavy atom. The van der Waals surface area contributed by atoms with Gasteiger partial charge in [0.2, 0.25) is 0 Å². The van der Waals surface area contributed by atoms with Gasteiger partial charge in [-0.3, -0.25) is 0 Å². The van der Waals surface area contributed by atoms with Crippen LogP contribution in [0.25, 0.3) is 0 Å². The number of benzene rings is 2. The molecule has 1 aliphatic carbocycles. The second kappa shape index (κ2) is 4.61. The third kappa shape index (κ3) is 1.86. The minimum Gasteiger partial charge on any atom is -0.0620 e. The second-order valence-electron chi connectivity index (χ2n) is 5.62. The summed E-state index contributed by atoms with van der Waals surface area (Å²) in [6.45, 7) is 4.67. The van der Waals surface area contributed by atoms with Crippen molar-refractivity contribution < 1.29 is 0 Å². The standard InChI is InChI=1S/C18H20/c1-13(2)18-16-9-5-3-7-14(16)11-12-15-8-4-6-10-17(15)18/h3-10,13,18H,11-12H2,1-2H3. The summed E-state index contributed by atoms with van der Waals surface area (Å²) in [5.74, 6) is 1.20. The molecule has 0 bridgehead atoms. The van der Waals surface area contributed by atoms with Crippen molar-refractivity contribution in [1.29, 1.82) is 0 Å². The van der Waals surface area contributed by atoms with Crippen LogP contribution in [0.5, 0.6) is 0 Å². The molecule has 0 heterocycles. The molecule has 0 amide bonds. The number of hydrogen-bond donors (Lipinski definition) is 0. The average Bonchev–Trinajstić information content (AvgIpc) is 2.55. The molecule has 0 fully saturated rings. The molecule has 18 heavy (non-hydrogen) atoms. The van der Waals surface area contributed by atoms with Crippen molar-refractivity contribution in [2.24, 2.45) is 5.92 Å². The molecule has 0 unspecified atom stereocenters. The zero-order valence-electron chi connectivity index (χ0n) is 11.2. The molecule has 0 spiro atoms. The summed E-state index contributed by atoms with van der Waals surface area (Å²) < 4.78 is 0. The van der Waals surface area contributed by atoms with Crippen LogP contribution < -0.4 is 0 Å². The van der Waals surface area contributed by atoms with Crippen molar-refractivity contribution in [2.75, 3.05) is 0 Å². The molecule has 2 aromatic carbocycles. The monoisotopic (exact) mass is 236 g/mol. The lowest BCUT2D eigenvalue weighted by molar-refractivity contribution is 0.562. The number of hydrogen-bond acceptors (Lipinski definition) is 0. The van der Waals surface area contributed by atoms with Gasteiger partial charge in [0.25, 0.3) is 0 Å². The van der Waals surface area contributed by atoms with E-state index in [1.807, 2.05) is 0 Å². The van der Waals surface area contributed by atoms with E-state index in [1.54, 1.807) is 0 Å². The van der Waals surface area contributed by atoms with Crippen molar-refractivity contribution in [1.82, 2.24) is 0 Å². The molecular weight excluding hydrogens is 216 g/mol. The maximum atomic E-state index is 2.34. The summed E-state index contributed by atoms with van der Waals surface area (Å²) in [5.41, 5.74) is 6.15. The molecule has 0 nitrogen and oxygen atoms in total. The van der Waals surface area contributed by atoms with Gasteiger partial charge in [-0.2, -0.15) is 0 Å². The largest absolute Gasteiger partial charge is 0.0620 e. The Labute approximate surface area is 110 Å². The Morgan fingerprint density at radius 1 is 0.778 bits per heavy atom. The van der Waals surface area contributed by atoms with Crippen LogP contribution in [0.4, 0.5) is 0 Å². The lowest BCUT2D eigenvalue weighted by atomic mass is 9.80. The van der Waals surface area contributed by atoms with Crippen molar-refractivity contribution in [3.8, 4) is 0 Å². The second-order valence-corrected chi connectivity index (χ2v) is 5.62. The van der Waals surface area contributed by atoms with Crippen LogP contribution in [0.2, 0.25) is 0 Å². The first kappa shape index (κ1) is 11.5. The van der Waals surface area contributed by atoms with Crippen molar-refractivity contribution >= 4 is 0 Å². The van der Waals surface area contributed by atoms with Crippen LogP contribution in [0.3, 0.4) is 0 Å². The van der Waals surface area contributed by atoms with Gasteiger partial charge in [-0.25, -0.2) is 0 Å². The first-order valence-electron chi connectivity index (χ1n) is 6.93. The van der Waals surface area contributed by atoms with Gasteiger partial charge in [-0.05, 0) is 41.0 Å². The van der Waals surface area contributed by atoms with E-state index in [-0.39, 0.29) is 0 Å². The highest BCUT2D eigenvalue weighted by atomic mass is 14.3. The molecule has 0 heteroatoms. The number of aryl methyl sites for hydroxylation is 2. The molecule has 0 saturated carbocycles. The van der Waals surface area contributed by atoms with Crippen LogP contribution >= 0.6 is 0 Å². The Morgan fingerprint density at radius 3 is 1.67 bits per heavy atom. The Balaban J connectivity index is 2.21. The predicted octanol–water partition coefficient (Wildman–Crippen LogP) is 4.57. The van der Waals surface area contributed by atoms with E-state index >= 15 is 0 Å². The maximum absolute atomic E-state index is 2.34. The van der Waals surface area contributed by atoms with E-state index in [4.69, 9.17) is 0 Å². The highest BCUT2D eigenvalue weighted by molar-refractivity contribution is 5.45. The third-order valence-electron chi connectivity index (χ3n) is 4.11. The summed E-state index contributed by atoms with van der Waals surface area (Å²) in [5, 5.41) is 0. The van der Waals surface area contributed by atoms with Gasteiger partial charge in [0.15, 0.2) is 0 Å². The normalized spacial score (nSPS) is 15.1. The third-order valence-corrected chi connectivity index (χ3v) is 4.11. The molecule has 0 atom stereocenters. The molecule has 0 aromatic heterocycles. The van der Waals surface area contributed by atoms with Gasteiger partial charge in [-0.1, -0.05) is 62.4 Å². The maximum Gasteiger partial charge on any atom is 0.0118 e. The van der Waals surface area contributed by atoms with Gasteiger partial charge >= 0.3 is 0 Å². The molecular formula is C18H20. The van der Waals surface area contributed by atoms with Crippen molar-refractivity contribution in [2.45, 2.75) is 32.6 Å². The molecule has 2 aromatic rings. The zero-order valence-corrected chi connectivity index (χ0v) is 11.2. The minimum absolute atomic E-state index is 0.555. The van der Waals surface area contributed by atoms with Crippen LogP contribution in [-0.2, 0) is 12.8 Å². The highest BCUT2D eigenvalue weighted by Gasteiger charge is 2.25. The molecule has 3 rings (SSSR count). The SMILES string of the molecule is CC(C)C1c2ccccc2CCc2ccccc21. The van der Waals surface area contributed by atoms with Gasteiger partial charge < -0.3 is 0 Å². The van der Waals surface area contributed by atoms with E-state index in [2.05, 4.69) is 62.4 Å². The van der Waals surface area contributed by atoms with Crippen LogP contribution in [0.15, 0.2) is 48.5 Å². The lowest BCUT2D eigenvalue weighted by Gasteiger charge is -2.24. The Hall–Kier alpha value is -1.56. The summed E-state index contributed by atoms with van der Waals surface area (Å²) in [4.78, 5) is 0. The molecule has 1 aliphatic rings. The summed E-state index contributed by atoms with van der Waals surface area (Å²) in [6, 6.07) is 18.0. The Kier molecular flexibility index (Phi) is 2.95. The first-order valence-corrected chi connectivity index (χ1v) is 6.93. The van der Waals surface area contributed by atoms with Crippen molar-refractivity contribution in [3.05, 3.63) is 70.8 Å². The van der Waals surface area contributed by atoms with Gasteiger partial charge in [0.1, 0.15) is 0 Å². The average molecular weight is 236 g/mol. The van der Waals surface area contributed by atoms with Crippen LogP contribution in [-0.4, -0.2) is 0 Å². The van der Waals surface area contributed by atoms with Gasteiger partial charge in [0.05, 0.1) is 0 Å².